The molecule has 0 fully saturated rings. The minimum atomic E-state index is -4.62. The first kappa shape index (κ1) is 29.5. The van der Waals surface area contributed by atoms with E-state index in [4.69, 9.17) is 22.4 Å². The predicted molar refractivity (Wildman–Crippen MR) is 160 cm³/mol. The molecule has 1 aliphatic rings. The summed E-state index contributed by atoms with van der Waals surface area (Å²) in [5, 5.41) is 8.49. The molecule has 216 valence electrons. The zero-order chi connectivity index (χ0) is 29.9. The zero-order valence-electron chi connectivity index (χ0n) is 21.7. The fourth-order valence-corrected chi connectivity index (χ4v) is 6.05. The maximum atomic E-state index is 13.3. The number of nitrogens with two attached hydrogens (primary N) is 1. The van der Waals surface area contributed by atoms with Gasteiger partial charge in [0.1, 0.15) is 5.84 Å². The molecule has 0 radical (unpaired) electrons. The fraction of sp³-hybridized carbons (Fsp3) is 0.138. The second-order valence-electron chi connectivity index (χ2n) is 9.23. The quantitative estimate of drug-likeness (QED) is 0.195. The predicted octanol–water partition coefficient (Wildman–Crippen LogP) is 6.76. The van der Waals surface area contributed by atoms with Gasteiger partial charge < -0.3 is 5.73 Å². The summed E-state index contributed by atoms with van der Waals surface area (Å²) in [7, 11) is -4.51. The number of hydrazone groups is 1. The Morgan fingerprint density at radius 1 is 0.976 bits per heavy atom. The van der Waals surface area contributed by atoms with Crippen LogP contribution in [-0.2, 0) is 16.2 Å². The van der Waals surface area contributed by atoms with E-state index < -0.39 is 26.7 Å². The van der Waals surface area contributed by atoms with Gasteiger partial charge in [-0.05, 0) is 65.4 Å². The van der Waals surface area contributed by atoms with Crippen LogP contribution in [0.15, 0.2) is 116 Å². The van der Waals surface area contributed by atoms with Crippen LogP contribution >= 0.6 is 22.9 Å². The van der Waals surface area contributed by atoms with Crippen molar-refractivity contribution in [3.8, 4) is 0 Å². The topological polar surface area (TPSA) is 100 Å². The van der Waals surface area contributed by atoms with Crippen LogP contribution < -0.4 is 5.73 Å². The molecular weight excluding hydrogens is 607 g/mol. The van der Waals surface area contributed by atoms with Crippen LogP contribution in [0.25, 0.3) is 0 Å². The molecule has 3 aromatic carbocycles. The first-order valence-electron chi connectivity index (χ1n) is 12.6. The average molecular weight is 630 g/mol. The van der Waals surface area contributed by atoms with Crippen LogP contribution in [0, 0.1) is 0 Å². The number of halogens is 4. The van der Waals surface area contributed by atoms with Gasteiger partial charge in [-0.1, -0.05) is 60.1 Å². The van der Waals surface area contributed by atoms with E-state index in [0.717, 1.165) is 23.3 Å². The fourth-order valence-electron chi connectivity index (χ4n) is 4.36. The molecule has 0 saturated carbocycles. The lowest BCUT2D eigenvalue weighted by Gasteiger charge is -2.30. The van der Waals surface area contributed by atoms with Crippen molar-refractivity contribution >= 4 is 50.5 Å². The van der Waals surface area contributed by atoms with Crippen molar-refractivity contribution in [1.29, 1.82) is 0 Å². The molecule has 13 heteroatoms. The van der Waals surface area contributed by atoms with Crippen molar-refractivity contribution in [2.75, 3.05) is 6.54 Å². The third kappa shape index (κ3) is 6.72. The van der Waals surface area contributed by atoms with Crippen LogP contribution in [-0.4, -0.2) is 37.5 Å². The highest BCUT2D eigenvalue weighted by molar-refractivity contribution is 7.90. The minimum absolute atomic E-state index is 0.0137. The Labute approximate surface area is 249 Å². The van der Waals surface area contributed by atoms with E-state index in [9.17, 15) is 21.6 Å². The molecule has 0 amide bonds. The standard InChI is InChI=1S/C29H23ClF3N5O2S2/c30-22-12-8-20(9-13-22)26-24(19-5-2-1-3-6-19)16-17-38(36-26)28(35-27(34)25-7-4-18-41-25)37-42(39,40)23-14-10-21(11-15-23)29(31,32)33/h1-15,18,24H,16-17H2,(H2,34,35,37). The summed E-state index contributed by atoms with van der Waals surface area (Å²) in [5.74, 6) is -0.436. The molecule has 2 heterocycles. The number of hydrogen-bond donors (Lipinski definition) is 1. The van der Waals surface area contributed by atoms with Crippen molar-refractivity contribution in [3.63, 3.8) is 0 Å². The summed E-state index contributed by atoms with van der Waals surface area (Å²) >= 11 is 7.43. The molecule has 2 N–H and O–H groups in total. The van der Waals surface area contributed by atoms with Gasteiger partial charge in [0.05, 0.1) is 21.0 Å². The van der Waals surface area contributed by atoms with Gasteiger partial charge in [0, 0.05) is 17.5 Å². The number of alkyl halides is 3. The lowest BCUT2D eigenvalue weighted by atomic mass is 9.86. The largest absolute Gasteiger partial charge is 0.416 e. The van der Waals surface area contributed by atoms with Crippen LogP contribution in [0.5, 0.6) is 0 Å². The molecule has 0 bridgehead atoms. The van der Waals surface area contributed by atoms with Gasteiger partial charge in [0.2, 0.25) is 0 Å². The Balaban J connectivity index is 1.62. The van der Waals surface area contributed by atoms with Crippen LogP contribution in [0.3, 0.4) is 0 Å². The van der Waals surface area contributed by atoms with Crippen LogP contribution in [0.2, 0.25) is 5.02 Å². The number of aliphatic imine (C=N–C) groups is 1. The van der Waals surface area contributed by atoms with Crippen molar-refractivity contribution in [1.82, 2.24) is 5.01 Å². The lowest BCUT2D eigenvalue weighted by Crippen LogP contribution is -2.36. The van der Waals surface area contributed by atoms with Gasteiger partial charge in [-0.15, -0.1) is 15.7 Å². The van der Waals surface area contributed by atoms with Crippen molar-refractivity contribution in [3.05, 3.63) is 123 Å². The maximum absolute atomic E-state index is 13.3. The summed E-state index contributed by atoms with van der Waals surface area (Å²) in [5.41, 5.74) is 7.65. The van der Waals surface area contributed by atoms with Crippen molar-refractivity contribution in [2.24, 2.45) is 20.2 Å². The van der Waals surface area contributed by atoms with Gasteiger partial charge in [0.15, 0.2) is 0 Å². The van der Waals surface area contributed by atoms with E-state index in [0.29, 0.717) is 34.2 Å². The van der Waals surface area contributed by atoms with Gasteiger partial charge in [-0.3, -0.25) is 0 Å². The van der Waals surface area contributed by atoms with E-state index in [1.165, 1.54) is 16.3 Å². The highest BCUT2D eigenvalue weighted by Gasteiger charge is 2.32. The number of benzene rings is 3. The van der Waals surface area contributed by atoms with E-state index in [2.05, 4.69) is 9.39 Å². The second-order valence-corrected chi connectivity index (χ2v) is 12.2. The van der Waals surface area contributed by atoms with Crippen LogP contribution in [0.1, 0.15) is 33.9 Å². The van der Waals surface area contributed by atoms with E-state index in [-0.39, 0.29) is 24.3 Å². The summed E-state index contributed by atoms with van der Waals surface area (Å²) in [6.07, 6.45) is -4.09. The Hall–Kier alpha value is -4.00. The number of guanidine groups is 1. The number of sulfonamides is 1. The highest BCUT2D eigenvalue weighted by Crippen LogP contribution is 2.32. The van der Waals surface area contributed by atoms with E-state index >= 15 is 0 Å². The molecule has 1 atom stereocenters. The number of nitrogens with zero attached hydrogens (tertiary/aromatic N) is 4. The summed E-state index contributed by atoms with van der Waals surface area (Å²) in [6.45, 7) is 0.235. The van der Waals surface area contributed by atoms with Gasteiger partial charge in [-0.2, -0.15) is 31.7 Å². The Bertz CT molecular complexity index is 1740. The lowest BCUT2D eigenvalue weighted by molar-refractivity contribution is -0.137. The first-order chi connectivity index (χ1) is 20.0. The maximum Gasteiger partial charge on any atom is 0.416 e. The molecule has 0 saturated heterocycles. The second kappa shape index (κ2) is 12.1. The minimum Gasteiger partial charge on any atom is -0.382 e. The number of rotatable bonds is 5. The average Bonchev–Trinajstić information content (AvgIpc) is 3.53. The number of amidine groups is 1. The molecule has 1 aliphatic heterocycles. The normalized spacial score (nSPS) is 16.8. The van der Waals surface area contributed by atoms with E-state index in [1.54, 1.807) is 29.6 Å². The third-order valence-corrected chi connectivity index (χ3v) is 8.85. The number of hydrogen-bond acceptors (Lipinski definition) is 4. The van der Waals surface area contributed by atoms with Gasteiger partial charge >= 0.3 is 6.18 Å². The third-order valence-electron chi connectivity index (χ3n) is 6.44. The van der Waals surface area contributed by atoms with Crippen molar-refractivity contribution < 1.29 is 21.6 Å². The van der Waals surface area contributed by atoms with Crippen LogP contribution in [0.4, 0.5) is 13.2 Å². The van der Waals surface area contributed by atoms with Crippen molar-refractivity contribution in [2.45, 2.75) is 23.4 Å². The summed E-state index contributed by atoms with van der Waals surface area (Å²) in [4.78, 5) is 4.49. The Kier molecular flexibility index (Phi) is 8.48. The molecule has 42 heavy (non-hydrogen) atoms. The molecule has 0 spiro atoms. The monoisotopic (exact) mass is 629 g/mol. The molecule has 0 aliphatic carbocycles. The first-order valence-corrected chi connectivity index (χ1v) is 15.3. The Morgan fingerprint density at radius 3 is 2.29 bits per heavy atom. The molecule has 4 aromatic rings. The molecule has 1 aromatic heterocycles. The SMILES string of the molecule is N/C(=N\C(=N\S(=O)(=O)c1ccc(C(F)(F)F)cc1)N1CCC(c2ccccc2)C(c2ccc(Cl)cc2)=N1)c1cccs1. The summed E-state index contributed by atoms with van der Waals surface area (Å²) in [6, 6.07) is 23.4. The molecule has 7 nitrogen and oxygen atoms in total. The van der Waals surface area contributed by atoms with Gasteiger partial charge in [0.25, 0.3) is 16.0 Å². The number of thiophene rings is 1. The highest BCUT2D eigenvalue weighted by atomic mass is 35.5. The Morgan fingerprint density at radius 2 is 1.67 bits per heavy atom. The summed E-state index contributed by atoms with van der Waals surface area (Å²) < 4.78 is 69.8. The molecule has 5 rings (SSSR count). The molecule has 1 unspecified atom stereocenters. The smallest absolute Gasteiger partial charge is 0.382 e. The van der Waals surface area contributed by atoms with E-state index in [1.807, 2.05) is 42.5 Å². The van der Waals surface area contributed by atoms with Gasteiger partial charge in [-0.25, -0.2) is 5.01 Å². The molecular formula is C29H23ClF3N5O2S2. The zero-order valence-corrected chi connectivity index (χ0v) is 24.1.